The van der Waals surface area contributed by atoms with Crippen LogP contribution < -0.4 is 9.47 Å². The van der Waals surface area contributed by atoms with Crippen LogP contribution in [0.25, 0.3) is 0 Å². The minimum atomic E-state index is -0.256. The normalized spacial score (nSPS) is 8.42. The van der Waals surface area contributed by atoms with E-state index in [1.54, 1.807) is 39.8 Å². The Morgan fingerprint density at radius 1 is 0.903 bits per heavy atom. The molecule has 0 fully saturated rings. The first-order chi connectivity index (χ1) is 14.2. The molecule has 0 atom stereocenters. The summed E-state index contributed by atoms with van der Waals surface area (Å²) in [6.45, 7) is 0. The molecule has 0 bridgehead atoms. The lowest BCUT2D eigenvalue weighted by atomic mass is 10.2. The summed E-state index contributed by atoms with van der Waals surface area (Å²) in [5.41, 5.74) is 1.80. The van der Waals surface area contributed by atoms with Crippen molar-refractivity contribution in [1.82, 2.24) is 9.97 Å². The molecule has 0 N–H and O–H groups in total. The summed E-state index contributed by atoms with van der Waals surface area (Å²) in [6.07, 6.45) is 4.89. The molecule has 0 aliphatic carbocycles. The summed E-state index contributed by atoms with van der Waals surface area (Å²) in [5, 5.41) is 0. The Kier molecular flexibility index (Phi) is 30.4. The largest absolute Gasteiger partial charge is 0.481 e. The average molecular weight is 509 g/mol. The molecular formula is C22H38BrFN2O5. The van der Waals surface area contributed by atoms with Gasteiger partial charge >= 0.3 is 0 Å². The van der Waals surface area contributed by atoms with Crippen LogP contribution in [0.1, 0.15) is 26.0 Å². The van der Waals surface area contributed by atoms with Crippen molar-refractivity contribution in [2.24, 2.45) is 0 Å². The van der Waals surface area contributed by atoms with Crippen molar-refractivity contribution in [3.8, 4) is 11.8 Å². The first kappa shape index (κ1) is 36.3. The Balaban J connectivity index is -0.000000195. The summed E-state index contributed by atoms with van der Waals surface area (Å²) in [6, 6.07) is 7.40. The highest BCUT2D eigenvalue weighted by Gasteiger charge is 2.10. The number of methoxy groups -OCH3 is 4. The van der Waals surface area contributed by atoms with Crippen LogP contribution >= 0.6 is 15.9 Å². The number of pyridine rings is 2. The van der Waals surface area contributed by atoms with Gasteiger partial charge in [0.2, 0.25) is 11.8 Å². The second kappa shape index (κ2) is 25.9. The fourth-order valence-corrected chi connectivity index (χ4v) is 2.06. The maximum atomic E-state index is 10.2. The van der Waals surface area contributed by atoms with Crippen molar-refractivity contribution >= 4 is 22.2 Å². The van der Waals surface area contributed by atoms with Gasteiger partial charge in [-0.3, -0.25) is 4.39 Å². The van der Waals surface area contributed by atoms with Crippen LogP contribution in [0.2, 0.25) is 0 Å². The standard InChI is InChI=1S/C10H15NO3.C8H9NO2.CH3Br.CH3F.2CH4/c1-12-9(13-2)7-8-5-4-6-11-10(8)14-3;1-11-8-7(4-6-10)3-2-5-9-8;2*1-2;;/h4-6,9H,7H2,1-3H3;2-3,5-6H,4H2,1H3;2*1H3;2*1H4. The van der Waals surface area contributed by atoms with Gasteiger partial charge in [-0.2, -0.15) is 0 Å². The molecule has 0 aromatic carbocycles. The van der Waals surface area contributed by atoms with Crippen LogP contribution in [0.5, 0.6) is 11.8 Å². The third-order valence-corrected chi connectivity index (χ3v) is 3.30. The Labute approximate surface area is 195 Å². The molecule has 0 radical (unpaired) electrons. The van der Waals surface area contributed by atoms with Crippen LogP contribution in [-0.4, -0.2) is 64.0 Å². The van der Waals surface area contributed by atoms with Crippen LogP contribution in [-0.2, 0) is 27.1 Å². The molecule has 0 saturated heterocycles. The van der Waals surface area contributed by atoms with Crippen LogP contribution in [0, 0.1) is 0 Å². The van der Waals surface area contributed by atoms with E-state index in [9.17, 15) is 9.18 Å². The first-order valence-electron chi connectivity index (χ1n) is 8.40. The van der Waals surface area contributed by atoms with E-state index < -0.39 is 0 Å². The fourth-order valence-electron chi connectivity index (χ4n) is 2.06. The third-order valence-electron chi connectivity index (χ3n) is 3.30. The monoisotopic (exact) mass is 508 g/mol. The molecular weight excluding hydrogens is 471 g/mol. The molecule has 0 saturated carbocycles. The molecule has 0 unspecified atom stereocenters. The summed E-state index contributed by atoms with van der Waals surface area (Å²) in [4.78, 5) is 18.2. The summed E-state index contributed by atoms with van der Waals surface area (Å²) in [7, 11) is 6.85. The number of rotatable bonds is 8. The minimum Gasteiger partial charge on any atom is -0.481 e. The van der Waals surface area contributed by atoms with E-state index in [-0.39, 0.29) is 21.1 Å². The maximum Gasteiger partial charge on any atom is 0.216 e. The first-order valence-corrected chi connectivity index (χ1v) is 9.99. The highest BCUT2D eigenvalue weighted by molar-refractivity contribution is 9.08. The van der Waals surface area contributed by atoms with Gasteiger partial charge in [0.05, 0.1) is 21.4 Å². The molecule has 2 aromatic rings. The lowest BCUT2D eigenvalue weighted by Gasteiger charge is -2.14. The van der Waals surface area contributed by atoms with E-state index in [4.69, 9.17) is 18.9 Å². The van der Waals surface area contributed by atoms with Crippen molar-refractivity contribution in [2.75, 3.05) is 41.4 Å². The van der Waals surface area contributed by atoms with E-state index >= 15 is 0 Å². The van der Waals surface area contributed by atoms with Gasteiger partial charge in [0.15, 0.2) is 6.29 Å². The fraction of sp³-hybridized carbons (Fsp3) is 0.500. The van der Waals surface area contributed by atoms with Crippen LogP contribution in [0.15, 0.2) is 36.7 Å². The molecule has 0 spiro atoms. The SMILES string of the molecule is C.C.CBr.CF.COc1ncccc1CC(OC)OC.COc1ncccc1CC=O. The number of hydrogen-bond donors (Lipinski definition) is 0. The van der Waals surface area contributed by atoms with Gasteiger partial charge in [0.1, 0.15) is 6.29 Å². The number of nitrogens with zero attached hydrogens (tertiary/aromatic N) is 2. The second-order valence-corrected chi connectivity index (χ2v) is 4.82. The van der Waals surface area contributed by atoms with Crippen molar-refractivity contribution in [1.29, 1.82) is 0 Å². The van der Waals surface area contributed by atoms with E-state index in [0.717, 1.165) is 17.4 Å². The molecule has 9 heteroatoms. The van der Waals surface area contributed by atoms with Crippen molar-refractivity contribution in [3.05, 3.63) is 47.8 Å². The number of hydrogen-bond acceptors (Lipinski definition) is 7. The van der Waals surface area contributed by atoms with Gasteiger partial charge in [0, 0.05) is 50.6 Å². The van der Waals surface area contributed by atoms with E-state index in [1.165, 1.54) is 7.11 Å². The summed E-state index contributed by atoms with van der Waals surface area (Å²) < 4.78 is 29.7. The van der Waals surface area contributed by atoms with Gasteiger partial charge in [-0.15, -0.1) is 0 Å². The highest BCUT2D eigenvalue weighted by atomic mass is 79.9. The Hall–Kier alpha value is -2.10. The van der Waals surface area contributed by atoms with Gasteiger partial charge in [-0.25, -0.2) is 9.97 Å². The van der Waals surface area contributed by atoms with Gasteiger partial charge in [-0.05, 0) is 18.0 Å². The van der Waals surface area contributed by atoms with Crippen molar-refractivity contribution in [3.63, 3.8) is 0 Å². The molecule has 2 aromatic heterocycles. The number of aldehydes is 1. The lowest BCUT2D eigenvalue weighted by molar-refractivity contribution is -0.107. The molecule has 31 heavy (non-hydrogen) atoms. The molecule has 0 aliphatic heterocycles. The average Bonchev–Trinajstić information content (AvgIpc) is 2.81. The lowest BCUT2D eigenvalue weighted by Crippen LogP contribution is -2.16. The predicted octanol–water partition coefficient (Wildman–Crippen LogP) is 4.95. The van der Waals surface area contributed by atoms with Gasteiger partial charge in [-0.1, -0.05) is 42.9 Å². The molecule has 2 rings (SSSR count). The van der Waals surface area contributed by atoms with E-state index in [2.05, 4.69) is 25.9 Å². The van der Waals surface area contributed by atoms with Crippen molar-refractivity contribution in [2.45, 2.75) is 34.0 Å². The molecule has 2 heterocycles. The zero-order valence-electron chi connectivity index (χ0n) is 17.7. The molecule has 0 aliphatic rings. The highest BCUT2D eigenvalue weighted by Crippen LogP contribution is 2.16. The van der Waals surface area contributed by atoms with E-state index in [0.29, 0.717) is 31.8 Å². The summed E-state index contributed by atoms with van der Waals surface area (Å²) in [5.74, 6) is 2.96. The Morgan fingerprint density at radius 2 is 1.32 bits per heavy atom. The summed E-state index contributed by atoms with van der Waals surface area (Å²) >= 11 is 2.94. The van der Waals surface area contributed by atoms with Gasteiger partial charge in [0.25, 0.3) is 0 Å². The number of carbonyl (C=O) groups is 1. The molecule has 7 nitrogen and oxygen atoms in total. The zero-order chi connectivity index (χ0) is 22.5. The molecule has 180 valence electrons. The quantitative estimate of drug-likeness (QED) is 0.283. The number of alkyl halides is 2. The Bertz CT molecular complexity index is 647. The second-order valence-electron chi connectivity index (χ2n) is 4.82. The number of halogens is 2. The van der Waals surface area contributed by atoms with Crippen LogP contribution in [0.4, 0.5) is 4.39 Å². The third kappa shape index (κ3) is 15.4. The number of ether oxygens (including phenoxy) is 4. The predicted molar refractivity (Wildman–Crippen MR) is 128 cm³/mol. The zero-order valence-corrected chi connectivity index (χ0v) is 19.3. The smallest absolute Gasteiger partial charge is 0.216 e. The minimum absolute atomic E-state index is 0. The van der Waals surface area contributed by atoms with Gasteiger partial charge < -0.3 is 23.7 Å². The number of carbonyl (C=O) groups excluding carboxylic acids is 1. The number of aromatic nitrogens is 2. The molecule has 0 amide bonds. The topological polar surface area (TPSA) is 79.8 Å². The maximum absolute atomic E-state index is 10.2. The van der Waals surface area contributed by atoms with Crippen LogP contribution in [0.3, 0.4) is 0 Å². The van der Waals surface area contributed by atoms with Crippen molar-refractivity contribution < 1.29 is 28.1 Å². The Morgan fingerprint density at radius 3 is 1.71 bits per heavy atom. The van der Waals surface area contributed by atoms with E-state index in [1.807, 2.05) is 24.0 Å².